The number of aromatic nitrogens is 3. The van der Waals surface area contributed by atoms with Crippen LogP contribution in [0.4, 0.5) is 4.39 Å². The third kappa shape index (κ3) is 5.17. The smallest absolute Gasteiger partial charge is 0.230 e. The molecule has 1 aromatic carbocycles. The number of carbonyl (C=O) groups excluding carboxylic acids is 1. The number of hydrogen-bond acceptors (Lipinski definition) is 4. The second kappa shape index (κ2) is 8.14. The highest BCUT2D eigenvalue weighted by Gasteiger charge is 2.05. The van der Waals surface area contributed by atoms with E-state index in [1.807, 2.05) is 0 Å². The lowest BCUT2D eigenvalue weighted by molar-refractivity contribution is -0.118. The van der Waals surface area contributed by atoms with Gasteiger partial charge in [-0.05, 0) is 23.8 Å². The van der Waals surface area contributed by atoms with Gasteiger partial charge in [0.25, 0.3) is 0 Å². The number of rotatable bonds is 7. The van der Waals surface area contributed by atoms with Crippen molar-refractivity contribution in [2.75, 3.05) is 12.3 Å². The van der Waals surface area contributed by atoms with E-state index in [-0.39, 0.29) is 17.5 Å². The van der Waals surface area contributed by atoms with Crippen LogP contribution in [-0.2, 0) is 4.79 Å². The molecule has 5 nitrogen and oxygen atoms in total. The van der Waals surface area contributed by atoms with Crippen molar-refractivity contribution >= 4 is 29.8 Å². The summed E-state index contributed by atoms with van der Waals surface area (Å²) in [6, 6.07) is 6.12. The van der Waals surface area contributed by atoms with Crippen molar-refractivity contribution in [3.05, 3.63) is 54.1 Å². The first-order valence-corrected chi connectivity index (χ1v) is 7.52. The Morgan fingerprint density at radius 2 is 2.14 bits per heavy atom. The molecule has 2 N–H and O–H groups in total. The molecule has 0 bridgehead atoms. The maximum Gasteiger partial charge on any atom is 0.230 e. The number of carbonyl (C=O) groups is 1. The van der Waals surface area contributed by atoms with E-state index in [1.165, 1.54) is 23.9 Å². The summed E-state index contributed by atoms with van der Waals surface area (Å²) in [5.41, 5.74) is 0.857. The molecule has 0 fully saturated rings. The summed E-state index contributed by atoms with van der Waals surface area (Å²) in [5.74, 6) is 0.439. The zero-order chi connectivity index (χ0) is 15.8. The van der Waals surface area contributed by atoms with Gasteiger partial charge in [0.15, 0.2) is 0 Å². The van der Waals surface area contributed by atoms with Gasteiger partial charge >= 0.3 is 0 Å². The van der Waals surface area contributed by atoms with Crippen LogP contribution < -0.4 is 5.32 Å². The van der Waals surface area contributed by atoms with Crippen LogP contribution in [0.2, 0.25) is 0 Å². The van der Waals surface area contributed by atoms with E-state index in [2.05, 4.69) is 27.1 Å². The largest absolute Gasteiger partial charge is 0.352 e. The van der Waals surface area contributed by atoms with Crippen molar-refractivity contribution in [3.63, 3.8) is 0 Å². The summed E-state index contributed by atoms with van der Waals surface area (Å²) in [7, 11) is 0. The maximum atomic E-state index is 12.8. The molecule has 2 rings (SSSR count). The van der Waals surface area contributed by atoms with Crippen LogP contribution in [0.1, 0.15) is 11.4 Å². The molecule has 0 saturated carbocycles. The molecule has 114 valence electrons. The van der Waals surface area contributed by atoms with Crippen LogP contribution in [0.25, 0.3) is 12.2 Å². The third-order valence-electron chi connectivity index (χ3n) is 2.56. The van der Waals surface area contributed by atoms with Crippen LogP contribution in [0.3, 0.4) is 0 Å². The Morgan fingerprint density at radius 1 is 1.36 bits per heavy atom. The lowest BCUT2D eigenvalue weighted by Crippen LogP contribution is -2.24. The van der Waals surface area contributed by atoms with Crippen LogP contribution in [-0.4, -0.2) is 33.4 Å². The summed E-state index contributed by atoms with van der Waals surface area (Å²) in [6.07, 6.45) is 5.15. The molecule has 7 heteroatoms. The van der Waals surface area contributed by atoms with E-state index in [0.29, 0.717) is 17.5 Å². The second-order valence-corrected chi connectivity index (χ2v) is 5.21. The van der Waals surface area contributed by atoms with Gasteiger partial charge in [0.1, 0.15) is 11.6 Å². The second-order valence-electron chi connectivity index (χ2n) is 4.27. The molecule has 1 aromatic heterocycles. The highest BCUT2D eigenvalue weighted by molar-refractivity contribution is 7.99. The van der Waals surface area contributed by atoms with Gasteiger partial charge in [-0.2, -0.15) is 0 Å². The fourth-order valence-corrected chi connectivity index (χ4v) is 2.15. The van der Waals surface area contributed by atoms with Crippen LogP contribution in [0.15, 0.2) is 42.1 Å². The summed E-state index contributed by atoms with van der Waals surface area (Å²) in [5, 5.41) is 9.94. The van der Waals surface area contributed by atoms with Crippen molar-refractivity contribution < 1.29 is 9.18 Å². The molecule has 1 heterocycles. The molecule has 0 radical (unpaired) electrons. The highest BCUT2D eigenvalue weighted by Crippen LogP contribution is 2.13. The minimum absolute atomic E-state index is 0.0990. The fourth-order valence-electron chi connectivity index (χ4n) is 1.51. The van der Waals surface area contributed by atoms with E-state index in [4.69, 9.17) is 0 Å². The average molecular weight is 318 g/mol. The van der Waals surface area contributed by atoms with Gasteiger partial charge in [0.05, 0.1) is 5.75 Å². The van der Waals surface area contributed by atoms with E-state index in [1.54, 1.807) is 30.4 Å². The van der Waals surface area contributed by atoms with Gasteiger partial charge < -0.3 is 5.32 Å². The van der Waals surface area contributed by atoms with Crippen molar-refractivity contribution in [3.8, 4) is 0 Å². The molecule has 0 saturated heterocycles. The minimum atomic E-state index is -0.273. The highest BCUT2D eigenvalue weighted by atomic mass is 32.2. The van der Waals surface area contributed by atoms with Gasteiger partial charge in [0, 0.05) is 6.54 Å². The molecule has 22 heavy (non-hydrogen) atoms. The fraction of sp³-hybridized carbons (Fsp3) is 0.133. The van der Waals surface area contributed by atoms with Crippen molar-refractivity contribution in [2.24, 2.45) is 0 Å². The lowest BCUT2D eigenvalue weighted by atomic mass is 10.2. The molecular formula is C15H15FN4OS. The number of thioether (sulfide) groups is 1. The summed E-state index contributed by atoms with van der Waals surface area (Å²) in [4.78, 5) is 15.7. The molecule has 1 amide bonds. The van der Waals surface area contributed by atoms with Crippen LogP contribution in [0, 0.1) is 5.82 Å². The van der Waals surface area contributed by atoms with Gasteiger partial charge in [0.2, 0.25) is 11.1 Å². The molecule has 0 aliphatic rings. The lowest BCUT2D eigenvalue weighted by Gasteiger charge is -1.98. The Hall–Kier alpha value is -2.41. The number of H-pyrrole nitrogens is 1. The first kappa shape index (κ1) is 16.0. The molecule has 0 atom stereocenters. The quantitative estimate of drug-likeness (QED) is 0.608. The van der Waals surface area contributed by atoms with Crippen LogP contribution in [0.5, 0.6) is 0 Å². The number of halogens is 1. The maximum absolute atomic E-state index is 12.8. The number of nitrogens with zero attached hydrogens (tertiary/aromatic N) is 2. The van der Waals surface area contributed by atoms with Crippen molar-refractivity contribution in [2.45, 2.75) is 5.16 Å². The first-order valence-electron chi connectivity index (χ1n) is 6.54. The van der Waals surface area contributed by atoms with Crippen molar-refractivity contribution in [1.82, 2.24) is 20.5 Å². The standard InChI is InChI=1S/C15H15FN4OS/c1-2-9-17-14(21)10-22-15-18-13(19-20-15)8-5-11-3-6-12(16)7-4-11/h2-8H,1,9-10H2,(H,17,21)(H,18,19,20)/b8-5-. The molecule has 2 aromatic rings. The van der Waals surface area contributed by atoms with E-state index < -0.39 is 0 Å². The topological polar surface area (TPSA) is 70.7 Å². The normalized spacial score (nSPS) is 10.8. The Bertz CT molecular complexity index is 666. The van der Waals surface area contributed by atoms with E-state index in [9.17, 15) is 9.18 Å². The number of nitrogens with one attached hydrogen (secondary N) is 2. The molecule has 0 aliphatic heterocycles. The molecule has 0 unspecified atom stereocenters. The average Bonchev–Trinajstić information content (AvgIpc) is 2.98. The number of aromatic amines is 1. The van der Waals surface area contributed by atoms with E-state index in [0.717, 1.165) is 5.56 Å². The number of hydrogen-bond donors (Lipinski definition) is 2. The molecular weight excluding hydrogens is 303 g/mol. The zero-order valence-corrected chi connectivity index (χ0v) is 12.6. The Labute approximate surface area is 131 Å². The SMILES string of the molecule is C=CCNC(=O)CSc1n[nH]c(/C=C\c2ccc(F)cc2)n1. The Kier molecular flexibility index (Phi) is 5.91. The van der Waals surface area contributed by atoms with Gasteiger partial charge in [-0.15, -0.1) is 11.7 Å². The van der Waals surface area contributed by atoms with E-state index >= 15 is 0 Å². The first-order chi connectivity index (χ1) is 10.7. The summed E-state index contributed by atoms with van der Waals surface area (Å²) >= 11 is 1.24. The number of benzene rings is 1. The summed E-state index contributed by atoms with van der Waals surface area (Å²) in [6.45, 7) is 3.97. The Morgan fingerprint density at radius 3 is 2.86 bits per heavy atom. The predicted octanol–water partition coefficient (Wildman–Crippen LogP) is 2.51. The number of amides is 1. The monoisotopic (exact) mass is 318 g/mol. The third-order valence-corrected chi connectivity index (χ3v) is 3.41. The van der Waals surface area contributed by atoms with Gasteiger partial charge in [-0.1, -0.05) is 36.0 Å². The van der Waals surface area contributed by atoms with Crippen LogP contribution >= 0.6 is 11.8 Å². The summed E-state index contributed by atoms with van der Waals surface area (Å²) < 4.78 is 12.8. The zero-order valence-electron chi connectivity index (χ0n) is 11.8. The Balaban J connectivity index is 1.87. The molecule has 0 spiro atoms. The minimum Gasteiger partial charge on any atom is -0.352 e. The predicted molar refractivity (Wildman–Crippen MR) is 85.6 cm³/mol. The van der Waals surface area contributed by atoms with Gasteiger partial charge in [-0.25, -0.2) is 9.37 Å². The van der Waals surface area contributed by atoms with Crippen molar-refractivity contribution in [1.29, 1.82) is 0 Å². The molecule has 0 aliphatic carbocycles. The van der Waals surface area contributed by atoms with Gasteiger partial charge in [-0.3, -0.25) is 9.89 Å².